The van der Waals surface area contributed by atoms with E-state index in [-0.39, 0.29) is 11.2 Å². The number of ketones is 1. The summed E-state index contributed by atoms with van der Waals surface area (Å²) in [6.45, 7) is 8.58. The second kappa shape index (κ2) is 7.57. The Labute approximate surface area is 145 Å². The van der Waals surface area contributed by atoms with E-state index in [9.17, 15) is 4.79 Å². The van der Waals surface area contributed by atoms with E-state index < -0.39 is 0 Å². The molecule has 2 heteroatoms. The van der Waals surface area contributed by atoms with Crippen LogP contribution in [0.1, 0.15) is 49.9 Å². The maximum absolute atomic E-state index is 12.3. The van der Waals surface area contributed by atoms with E-state index in [4.69, 9.17) is 0 Å². The zero-order valence-electron chi connectivity index (χ0n) is 15.4. The number of hydrogen-bond acceptors (Lipinski definition) is 2. The van der Waals surface area contributed by atoms with Crippen LogP contribution in [-0.2, 0) is 23.1 Å². The molecular weight excluding hydrogens is 294 g/mol. The Bertz CT molecular complexity index is 716. The zero-order chi connectivity index (χ0) is 17.7. The van der Waals surface area contributed by atoms with Crippen LogP contribution in [0, 0.1) is 0 Å². The molecule has 2 aromatic carbocycles. The molecule has 2 aromatic rings. The van der Waals surface area contributed by atoms with E-state index in [0.29, 0.717) is 12.8 Å². The Morgan fingerprint density at radius 3 is 1.75 bits per heavy atom. The number of rotatable bonds is 5. The molecule has 0 aliphatic rings. The summed E-state index contributed by atoms with van der Waals surface area (Å²) >= 11 is 0. The minimum Gasteiger partial charge on any atom is -0.299 e. The first-order chi connectivity index (χ1) is 11.3. The molecule has 2 rings (SSSR count). The molecule has 0 atom stereocenters. The Kier molecular flexibility index (Phi) is 5.71. The van der Waals surface area contributed by atoms with Gasteiger partial charge in [0.15, 0.2) is 0 Å². The predicted octanol–water partition coefficient (Wildman–Crippen LogP) is 4.78. The molecule has 0 unspecified atom stereocenters. The van der Waals surface area contributed by atoms with Crippen molar-refractivity contribution in [2.75, 3.05) is 7.05 Å². The van der Waals surface area contributed by atoms with Crippen molar-refractivity contribution >= 4 is 11.5 Å². The molecule has 0 saturated heterocycles. The molecule has 24 heavy (non-hydrogen) atoms. The average Bonchev–Trinajstić information content (AvgIpc) is 2.54. The van der Waals surface area contributed by atoms with Crippen molar-refractivity contribution in [3.8, 4) is 0 Å². The van der Waals surface area contributed by atoms with Crippen LogP contribution in [0.4, 0.5) is 0 Å². The highest BCUT2D eigenvalue weighted by atomic mass is 16.1. The third kappa shape index (κ3) is 4.89. The Hall–Kier alpha value is -2.22. The molecule has 0 bridgehead atoms. The lowest BCUT2D eigenvalue weighted by Crippen LogP contribution is -2.11. The van der Waals surface area contributed by atoms with Gasteiger partial charge in [-0.3, -0.25) is 9.79 Å². The molecule has 0 spiro atoms. The molecule has 0 aromatic heterocycles. The van der Waals surface area contributed by atoms with Gasteiger partial charge >= 0.3 is 0 Å². The molecule has 0 amide bonds. The smallest absolute Gasteiger partial charge is 0.141 e. The van der Waals surface area contributed by atoms with Crippen LogP contribution in [0.5, 0.6) is 0 Å². The van der Waals surface area contributed by atoms with Gasteiger partial charge in [0.2, 0.25) is 0 Å². The number of aliphatic imine (C=N–C) groups is 1. The Morgan fingerprint density at radius 2 is 1.33 bits per heavy atom. The lowest BCUT2D eigenvalue weighted by atomic mass is 9.86. The van der Waals surface area contributed by atoms with Crippen molar-refractivity contribution < 1.29 is 4.79 Å². The van der Waals surface area contributed by atoms with Crippen LogP contribution in [-0.4, -0.2) is 18.5 Å². The van der Waals surface area contributed by atoms with Gasteiger partial charge in [0.05, 0.1) is 0 Å². The van der Waals surface area contributed by atoms with E-state index >= 15 is 0 Å². The van der Waals surface area contributed by atoms with Gasteiger partial charge in [-0.1, -0.05) is 69.3 Å². The largest absolute Gasteiger partial charge is 0.299 e. The van der Waals surface area contributed by atoms with Crippen LogP contribution in [0.15, 0.2) is 53.5 Å². The molecule has 0 aliphatic heterocycles. The van der Waals surface area contributed by atoms with Gasteiger partial charge in [-0.2, -0.15) is 0 Å². The van der Waals surface area contributed by atoms with Crippen LogP contribution in [0.3, 0.4) is 0 Å². The summed E-state index contributed by atoms with van der Waals surface area (Å²) in [5.41, 5.74) is 5.68. The molecule has 0 N–H and O–H groups in total. The van der Waals surface area contributed by atoms with Gasteiger partial charge in [-0.05, 0) is 34.6 Å². The minimum absolute atomic E-state index is 0.143. The monoisotopic (exact) mass is 321 g/mol. The Morgan fingerprint density at radius 1 is 0.875 bits per heavy atom. The zero-order valence-corrected chi connectivity index (χ0v) is 15.4. The number of carbonyl (C=O) groups is 1. The van der Waals surface area contributed by atoms with Crippen molar-refractivity contribution in [2.24, 2.45) is 4.99 Å². The highest BCUT2D eigenvalue weighted by Crippen LogP contribution is 2.22. The summed E-state index contributed by atoms with van der Waals surface area (Å²) in [6, 6.07) is 16.5. The number of benzene rings is 2. The molecular formula is C22H27NO. The number of nitrogens with zero attached hydrogens (tertiary/aromatic N) is 1. The average molecular weight is 321 g/mol. The minimum atomic E-state index is 0.143. The second-order valence-electron chi connectivity index (χ2n) is 7.35. The molecule has 0 fully saturated rings. The normalized spacial score (nSPS) is 12.3. The molecule has 0 heterocycles. The van der Waals surface area contributed by atoms with Gasteiger partial charge in [0.1, 0.15) is 5.78 Å². The van der Waals surface area contributed by atoms with Gasteiger partial charge in [-0.25, -0.2) is 0 Å². The fourth-order valence-electron chi connectivity index (χ4n) is 2.63. The van der Waals surface area contributed by atoms with Gasteiger partial charge < -0.3 is 0 Å². The fourth-order valence-corrected chi connectivity index (χ4v) is 2.63. The van der Waals surface area contributed by atoms with Crippen molar-refractivity contribution in [3.63, 3.8) is 0 Å². The second-order valence-corrected chi connectivity index (χ2v) is 7.35. The number of carbonyl (C=O) groups excluding carboxylic acids is 1. The fraction of sp³-hybridized carbons (Fsp3) is 0.364. The van der Waals surface area contributed by atoms with E-state index in [0.717, 1.165) is 22.4 Å². The lowest BCUT2D eigenvalue weighted by Gasteiger charge is -2.19. The predicted molar refractivity (Wildman–Crippen MR) is 102 cm³/mol. The summed E-state index contributed by atoms with van der Waals surface area (Å²) in [5, 5.41) is 0. The Balaban J connectivity index is 1.98. The quantitative estimate of drug-likeness (QED) is 0.729. The van der Waals surface area contributed by atoms with Crippen LogP contribution < -0.4 is 0 Å². The maximum atomic E-state index is 12.3. The number of hydrogen-bond donors (Lipinski definition) is 0. The first kappa shape index (κ1) is 18.1. The van der Waals surface area contributed by atoms with E-state index in [2.05, 4.69) is 50.0 Å². The third-order valence-corrected chi connectivity index (χ3v) is 4.33. The SMILES string of the molecule is CN=C(C)c1ccc(CC(=O)Cc2ccc(C(C)(C)C)cc2)cc1. The molecule has 0 aliphatic carbocycles. The molecule has 126 valence electrons. The maximum Gasteiger partial charge on any atom is 0.141 e. The van der Waals surface area contributed by atoms with E-state index in [1.165, 1.54) is 5.56 Å². The van der Waals surface area contributed by atoms with Gasteiger partial charge in [0, 0.05) is 25.6 Å². The van der Waals surface area contributed by atoms with Gasteiger partial charge in [-0.15, -0.1) is 0 Å². The lowest BCUT2D eigenvalue weighted by molar-refractivity contribution is -0.117. The summed E-state index contributed by atoms with van der Waals surface area (Å²) in [6.07, 6.45) is 0.964. The molecule has 0 saturated carbocycles. The first-order valence-corrected chi connectivity index (χ1v) is 8.43. The standard InChI is InChI=1S/C22H27NO/c1-16(23-5)19-10-6-17(7-11-19)14-21(24)15-18-8-12-20(13-9-18)22(2,3)4/h6-13H,14-15H2,1-5H3. The first-order valence-electron chi connectivity index (χ1n) is 8.43. The van der Waals surface area contributed by atoms with Crippen molar-refractivity contribution in [3.05, 3.63) is 70.8 Å². The van der Waals surface area contributed by atoms with Crippen LogP contribution >= 0.6 is 0 Å². The summed E-state index contributed by atoms with van der Waals surface area (Å²) < 4.78 is 0. The van der Waals surface area contributed by atoms with Gasteiger partial charge in [0.25, 0.3) is 0 Å². The van der Waals surface area contributed by atoms with Crippen molar-refractivity contribution in [1.29, 1.82) is 0 Å². The van der Waals surface area contributed by atoms with Crippen molar-refractivity contribution in [1.82, 2.24) is 0 Å². The summed E-state index contributed by atoms with van der Waals surface area (Å²) in [5.74, 6) is 0.243. The third-order valence-electron chi connectivity index (χ3n) is 4.33. The van der Waals surface area contributed by atoms with E-state index in [1.54, 1.807) is 7.05 Å². The number of Topliss-reactive ketones (excluding diaryl/α,β-unsaturated/α-hetero) is 1. The molecule has 2 nitrogen and oxygen atoms in total. The highest BCUT2D eigenvalue weighted by Gasteiger charge is 2.13. The highest BCUT2D eigenvalue weighted by molar-refractivity contribution is 5.98. The van der Waals surface area contributed by atoms with Crippen LogP contribution in [0.2, 0.25) is 0 Å². The van der Waals surface area contributed by atoms with Crippen molar-refractivity contribution in [2.45, 2.75) is 46.0 Å². The van der Waals surface area contributed by atoms with E-state index in [1.807, 2.05) is 31.2 Å². The topological polar surface area (TPSA) is 29.4 Å². The summed E-state index contributed by atoms with van der Waals surface area (Å²) in [7, 11) is 1.79. The molecule has 0 radical (unpaired) electrons. The van der Waals surface area contributed by atoms with Crippen LogP contribution in [0.25, 0.3) is 0 Å². The summed E-state index contributed by atoms with van der Waals surface area (Å²) in [4.78, 5) is 16.5.